The lowest BCUT2D eigenvalue weighted by Gasteiger charge is -2.21. The Labute approximate surface area is 114 Å². The van der Waals surface area contributed by atoms with Crippen molar-refractivity contribution < 1.29 is 5.11 Å². The van der Waals surface area contributed by atoms with Gasteiger partial charge in [-0.1, -0.05) is 13.3 Å². The van der Waals surface area contributed by atoms with Gasteiger partial charge in [-0.25, -0.2) is 4.98 Å². The van der Waals surface area contributed by atoms with Gasteiger partial charge in [-0.3, -0.25) is 0 Å². The van der Waals surface area contributed by atoms with E-state index in [-0.39, 0.29) is 6.61 Å². The van der Waals surface area contributed by atoms with Crippen LogP contribution in [0.2, 0.25) is 0 Å². The van der Waals surface area contributed by atoms with Crippen LogP contribution >= 0.6 is 0 Å². The summed E-state index contributed by atoms with van der Waals surface area (Å²) in [5, 5.41) is 16.0. The SMILES string of the molecule is CCCNc1ncc(C)c(NC2CCCC2CO)n1. The molecule has 3 N–H and O–H groups in total. The Morgan fingerprint density at radius 2 is 2.26 bits per heavy atom. The standard InChI is InChI=1S/C14H24N4O/c1-3-7-15-14-16-8-10(2)13(18-14)17-12-6-4-5-11(12)9-19/h8,11-12,19H,3-7,9H2,1-2H3,(H2,15,16,17,18). The molecule has 1 aromatic heterocycles. The summed E-state index contributed by atoms with van der Waals surface area (Å²) < 4.78 is 0. The molecule has 1 saturated carbocycles. The number of aryl methyl sites for hydroxylation is 1. The number of rotatable bonds is 6. The molecule has 5 heteroatoms. The van der Waals surface area contributed by atoms with E-state index in [1.807, 2.05) is 13.1 Å². The molecule has 0 amide bonds. The van der Waals surface area contributed by atoms with E-state index in [9.17, 15) is 5.11 Å². The summed E-state index contributed by atoms with van der Waals surface area (Å²) in [5.74, 6) is 1.91. The molecule has 1 aliphatic rings. The molecule has 0 aromatic carbocycles. The average molecular weight is 264 g/mol. The van der Waals surface area contributed by atoms with Gasteiger partial charge in [0.2, 0.25) is 5.95 Å². The van der Waals surface area contributed by atoms with Gasteiger partial charge in [0.05, 0.1) is 0 Å². The molecule has 1 aliphatic carbocycles. The van der Waals surface area contributed by atoms with Crippen LogP contribution in [-0.2, 0) is 0 Å². The van der Waals surface area contributed by atoms with Gasteiger partial charge in [0.1, 0.15) is 5.82 Å². The summed E-state index contributed by atoms with van der Waals surface area (Å²) in [4.78, 5) is 8.81. The second kappa shape index (κ2) is 6.70. The highest BCUT2D eigenvalue weighted by Gasteiger charge is 2.27. The summed E-state index contributed by atoms with van der Waals surface area (Å²) in [5.41, 5.74) is 1.05. The van der Waals surface area contributed by atoms with E-state index >= 15 is 0 Å². The number of aromatic nitrogens is 2. The summed E-state index contributed by atoms with van der Waals surface area (Å²) in [6.45, 7) is 5.26. The summed E-state index contributed by atoms with van der Waals surface area (Å²) in [6, 6.07) is 0.331. The molecular formula is C14H24N4O. The first kappa shape index (κ1) is 14.1. The minimum Gasteiger partial charge on any atom is -0.396 e. The van der Waals surface area contributed by atoms with Gasteiger partial charge in [0.25, 0.3) is 0 Å². The first-order valence-electron chi connectivity index (χ1n) is 7.19. The molecule has 0 saturated heterocycles. The van der Waals surface area contributed by atoms with Crippen LogP contribution in [0.1, 0.15) is 38.2 Å². The number of nitrogens with zero attached hydrogens (tertiary/aromatic N) is 2. The van der Waals surface area contributed by atoms with Crippen molar-refractivity contribution in [3.05, 3.63) is 11.8 Å². The lowest BCUT2D eigenvalue weighted by molar-refractivity contribution is 0.222. The zero-order valence-electron chi connectivity index (χ0n) is 11.8. The molecular weight excluding hydrogens is 240 g/mol. The highest BCUT2D eigenvalue weighted by molar-refractivity contribution is 5.47. The Bertz CT molecular complexity index is 410. The molecule has 0 spiro atoms. The van der Waals surface area contributed by atoms with Gasteiger partial charge in [0, 0.05) is 36.9 Å². The van der Waals surface area contributed by atoms with Crippen LogP contribution in [-0.4, -0.2) is 34.3 Å². The lowest BCUT2D eigenvalue weighted by atomic mass is 10.1. The third-order valence-electron chi connectivity index (χ3n) is 3.72. The normalized spacial score (nSPS) is 22.5. The minimum atomic E-state index is 0.253. The topological polar surface area (TPSA) is 70.1 Å². The fourth-order valence-corrected chi connectivity index (χ4v) is 2.53. The second-order valence-electron chi connectivity index (χ2n) is 5.28. The van der Waals surface area contributed by atoms with Crippen molar-refractivity contribution in [3.8, 4) is 0 Å². The summed E-state index contributed by atoms with van der Waals surface area (Å²) in [6.07, 6.45) is 6.27. The van der Waals surface area contributed by atoms with Crippen molar-refractivity contribution >= 4 is 11.8 Å². The number of hydrogen-bond acceptors (Lipinski definition) is 5. The number of hydrogen-bond donors (Lipinski definition) is 3. The highest BCUT2D eigenvalue weighted by atomic mass is 16.3. The average Bonchev–Trinajstić information content (AvgIpc) is 2.87. The van der Waals surface area contributed by atoms with E-state index in [0.717, 1.165) is 37.2 Å². The molecule has 0 bridgehead atoms. The number of nitrogens with one attached hydrogen (secondary N) is 2. The molecule has 0 aliphatic heterocycles. The van der Waals surface area contributed by atoms with Crippen LogP contribution in [0.4, 0.5) is 11.8 Å². The Balaban J connectivity index is 2.05. The Morgan fingerprint density at radius 1 is 1.42 bits per heavy atom. The van der Waals surface area contributed by atoms with Gasteiger partial charge in [-0.05, 0) is 26.2 Å². The lowest BCUT2D eigenvalue weighted by Crippen LogP contribution is -2.27. The highest BCUT2D eigenvalue weighted by Crippen LogP contribution is 2.28. The van der Waals surface area contributed by atoms with Crippen LogP contribution in [0.25, 0.3) is 0 Å². The van der Waals surface area contributed by atoms with E-state index in [4.69, 9.17) is 0 Å². The molecule has 5 nitrogen and oxygen atoms in total. The number of anilines is 2. The van der Waals surface area contributed by atoms with Crippen molar-refractivity contribution in [1.82, 2.24) is 9.97 Å². The molecule has 19 heavy (non-hydrogen) atoms. The summed E-state index contributed by atoms with van der Waals surface area (Å²) >= 11 is 0. The fourth-order valence-electron chi connectivity index (χ4n) is 2.53. The van der Waals surface area contributed by atoms with E-state index in [1.165, 1.54) is 6.42 Å². The van der Waals surface area contributed by atoms with Crippen LogP contribution in [0, 0.1) is 12.8 Å². The molecule has 2 atom stereocenters. The Morgan fingerprint density at radius 3 is 3.00 bits per heavy atom. The first-order valence-corrected chi connectivity index (χ1v) is 7.19. The van der Waals surface area contributed by atoms with Gasteiger partial charge < -0.3 is 15.7 Å². The third-order valence-corrected chi connectivity index (χ3v) is 3.72. The minimum absolute atomic E-state index is 0.253. The van der Waals surface area contributed by atoms with Crippen LogP contribution in [0.5, 0.6) is 0 Å². The largest absolute Gasteiger partial charge is 0.396 e. The van der Waals surface area contributed by atoms with Crippen molar-refractivity contribution in [2.24, 2.45) is 5.92 Å². The smallest absolute Gasteiger partial charge is 0.224 e. The van der Waals surface area contributed by atoms with Crippen molar-refractivity contribution in [2.45, 2.75) is 45.6 Å². The van der Waals surface area contributed by atoms with Crippen LogP contribution < -0.4 is 10.6 Å². The van der Waals surface area contributed by atoms with Gasteiger partial charge >= 0.3 is 0 Å². The van der Waals surface area contributed by atoms with E-state index in [2.05, 4.69) is 27.5 Å². The van der Waals surface area contributed by atoms with E-state index in [1.54, 1.807) is 0 Å². The predicted octanol–water partition coefficient (Wildman–Crippen LogP) is 2.18. The molecule has 1 fully saturated rings. The maximum Gasteiger partial charge on any atom is 0.224 e. The molecule has 1 aromatic rings. The molecule has 0 radical (unpaired) electrons. The van der Waals surface area contributed by atoms with Crippen molar-refractivity contribution in [2.75, 3.05) is 23.8 Å². The van der Waals surface area contributed by atoms with Gasteiger partial charge in [-0.15, -0.1) is 0 Å². The predicted molar refractivity (Wildman–Crippen MR) is 77.4 cm³/mol. The van der Waals surface area contributed by atoms with Crippen LogP contribution in [0.3, 0.4) is 0 Å². The first-order chi connectivity index (χ1) is 9.24. The Kier molecular flexibility index (Phi) is 4.96. The monoisotopic (exact) mass is 264 g/mol. The fraction of sp³-hybridized carbons (Fsp3) is 0.714. The second-order valence-corrected chi connectivity index (χ2v) is 5.28. The maximum atomic E-state index is 9.37. The third kappa shape index (κ3) is 3.56. The zero-order valence-corrected chi connectivity index (χ0v) is 11.8. The molecule has 1 heterocycles. The Hall–Kier alpha value is -1.36. The summed E-state index contributed by atoms with van der Waals surface area (Å²) in [7, 11) is 0. The quantitative estimate of drug-likeness (QED) is 0.734. The molecule has 2 unspecified atom stereocenters. The van der Waals surface area contributed by atoms with E-state index < -0.39 is 0 Å². The van der Waals surface area contributed by atoms with E-state index in [0.29, 0.717) is 17.9 Å². The van der Waals surface area contributed by atoms with Crippen molar-refractivity contribution in [1.29, 1.82) is 0 Å². The van der Waals surface area contributed by atoms with Gasteiger partial charge in [-0.2, -0.15) is 4.98 Å². The molecule has 2 rings (SSSR count). The van der Waals surface area contributed by atoms with Crippen LogP contribution in [0.15, 0.2) is 6.20 Å². The maximum absolute atomic E-state index is 9.37. The van der Waals surface area contributed by atoms with Crippen molar-refractivity contribution in [3.63, 3.8) is 0 Å². The van der Waals surface area contributed by atoms with Gasteiger partial charge in [0.15, 0.2) is 0 Å². The zero-order chi connectivity index (χ0) is 13.7. The molecule has 106 valence electrons. The number of aliphatic hydroxyl groups excluding tert-OH is 1. The number of aliphatic hydroxyl groups is 1.